The van der Waals surface area contributed by atoms with Crippen LogP contribution in [0.4, 0.5) is 0 Å². The van der Waals surface area contributed by atoms with Crippen LogP contribution in [0.1, 0.15) is 24.2 Å². The molecule has 0 bridgehead atoms. The summed E-state index contributed by atoms with van der Waals surface area (Å²) < 4.78 is 2.49. The molecule has 0 aliphatic carbocycles. The maximum absolute atomic E-state index is 3.45. The number of hydrogen-bond acceptors (Lipinski definition) is 1. The lowest BCUT2D eigenvalue weighted by Crippen LogP contribution is -2.31. The number of nitrogens with one attached hydrogen (secondary N) is 1. The van der Waals surface area contributed by atoms with Gasteiger partial charge in [0, 0.05) is 30.2 Å². The van der Waals surface area contributed by atoms with Crippen molar-refractivity contribution in [2.24, 2.45) is 0 Å². The van der Waals surface area contributed by atoms with Crippen LogP contribution in [-0.4, -0.2) is 11.1 Å². The Bertz CT molecular complexity index is 510. The standard InChI is InChI=1S/C13H16N2/c1-9-4-3-5-11-6-12-8-14-7-10(2)15(12)13(9)11/h3-6,10,14H,7-8H2,1-2H3. The SMILES string of the molecule is Cc1cccc2cc3n(c12)C(C)CNC3. The third-order valence-corrected chi connectivity index (χ3v) is 3.33. The molecule has 1 aromatic carbocycles. The predicted molar refractivity (Wildman–Crippen MR) is 63.1 cm³/mol. The summed E-state index contributed by atoms with van der Waals surface area (Å²) in [5.41, 5.74) is 4.21. The summed E-state index contributed by atoms with van der Waals surface area (Å²) in [6.45, 7) is 6.55. The van der Waals surface area contributed by atoms with Crippen LogP contribution >= 0.6 is 0 Å². The third kappa shape index (κ3) is 1.21. The first-order valence-corrected chi connectivity index (χ1v) is 5.57. The van der Waals surface area contributed by atoms with Crippen molar-refractivity contribution in [2.45, 2.75) is 26.4 Å². The van der Waals surface area contributed by atoms with Gasteiger partial charge in [-0.3, -0.25) is 0 Å². The summed E-state index contributed by atoms with van der Waals surface area (Å²) in [5, 5.41) is 4.83. The summed E-state index contributed by atoms with van der Waals surface area (Å²) in [7, 11) is 0. The van der Waals surface area contributed by atoms with Gasteiger partial charge in [-0.1, -0.05) is 18.2 Å². The van der Waals surface area contributed by atoms with Gasteiger partial charge in [-0.25, -0.2) is 0 Å². The average Bonchev–Trinajstić information content (AvgIpc) is 2.58. The van der Waals surface area contributed by atoms with E-state index in [1.165, 1.54) is 22.2 Å². The second kappa shape index (κ2) is 3.11. The van der Waals surface area contributed by atoms with Crippen molar-refractivity contribution in [3.63, 3.8) is 0 Å². The third-order valence-electron chi connectivity index (χ3n) is 3.33. The number of aromatic nitrogens is 1. The molecule has 1 unspecified atom stereocenters. The molecule has 0 saturated carbocycles. The van der Waals surface area contributed by atoms with Crippen molar-refractivity contribution in [2.75, 3.05) is 6.54 Å². The fraction of sp³-hybridized carbons (Fsp3) is 0.385. The number of nitrogens with zero attached hydrogens (tertiary/aromatic N) is 1. The molecule has 1 aromatic heterocycles. The minimum absolute atomic E-state index is 0.562. The van der Waals surface area contributed by atoms with Gasteiger partial charge < -0.3 is 9.88 Å². The van der Waals surface area contributed by atoms with Gasteiger partial charge in [0.25, 0.3) is 0 Å². The quantitative estimate of drug-likeness (QED) is 0.691. The molecule has 1 aliphatic rings. The lowest BCUT2D eigenvalue weighted by atomic mass is 10.1. The zero-order chi connectivity index (χ0) is 10.4. The first-order valence-electron chi connectivity index (χ1n) is 5.57. The van der Waals surface area contributed by atoms with Crippen molar-refractivity contribution in [1.29, 1.82) is 0 Å². The smallest absolute Gasteiger partial charge is 0.0515 e. The highest BCUT2D eigenvalue weighted by Gasteiger charge is 2.18. The normalized spacial score (nSPS) is 20.5. The van der Waals surface area contributed by atoms with Crippen LogP contribution < -0.4 is 5.32 Å². The second-order valence-electron chi connectivity index (χ2n) is 4.50. The van der Waals surface area contributed by atoms with Crippen molar-refractivity contribution < 1.29 is 0 Å². The second-order valence-corrected chi connectivity index (χ2v) is 4.50. The van der Waals surface area contributed by atoms with E-state index in [4.69, 9.17) is 0 Å². The number of para-hydroxylation sites is 1. The first-order chi connectivity index (χ1) is 7.27. The number of aryl methyl sites for hydroxylation is 1. The van der Waals surface area contributed by atoms with Crippen LogP contribution in [0.2, 0.25) is 0 Å². The minimum Gasteiger partial charge on any atom is -0.339 e. The minimum atomic E-state index is 0.562. The molecule has 78 valence electrons. The zero-order valence-corrected chi connectivity index (χ0v) is 9.25. The van der Waals surface area contributed by atoms with E-state index in [9.17, 15) is 0 Å². The predicted octanol–water partition coefficient (Wildman–Crippen LogP) is 2.61. The molecule has 15 heavy (non-hydrogen) atoms. The Balaban J connectivity index is 2.38. The van der Waals surface area contributed by atoms with Gasteiger partial charge in [0.05, 0.1) is 5.52 Å². The van der Waals surface area contributed by atoms with E-state index in [0.29, 0.717) is 6.04 Å². The highest BCUT2D eigenvalue weighted by atomic mass is 15.1. The number of hydrogen-bond donors (Lipinski definition) is 1. The molecule has 1 N–H and O–H groups in total. The van der Waals surface area contributed by atoms with Gasteiger partial charge in [-0.15, -0.1) is 0 Å². The van der Waals surface area contributed by atoms with Crippen LogP contribution in [0.5, 0.6) is 0 Å². The van der Waals surface area contributed by atoms with Crippen molar-refractivity contribution in [3.8, 4) is 0 Å². The van der Waals surface area contributed by atoms with E-state index < -0.39 is 0 Å². The Morgan fingerprint density at radius 2 is 2.27 bits per heavy atom. The van der Waals surface area contributed by atoms with Gasteiger partial charge in [-0.05, 0) is 25.5 Å². The number of rotatable bonds is 0. The summed E-state index contributed by atoms with van der Waals surface area (Å²) >= 11 is 0. The Labute approximate surface area is 89.9 Å². The van der Waals surface area contributed by atoms with Crippen LogP contribution in [-0.2, 0) is 6.54 Å². The van der Waals surface area contributed by atoms with Crippen LogP contribution in [0, 0.1) is 6.92 Å². The molecule has 1 aliphatic heterocycles. The highest BCUT2D eigenvalue weighted by molar-refractivity contribution is 5.84. The molecular weight excluding hydrogens is 184 g/mol. The van der Waals surface area contributed by atoms with Crippen LogP contribution in [0.15, 0.2) is 24.3 Å². The maximum Gasteiger partial charge on any atom is 0.0515 e. The summed E-state index contributed by atoms with van der Waals surface area (Å²) in [4.78, 5) is 0. The molecular formula is C13H16N2. The van der Waals surface area contributed by atoms with Gasteiger partial charge >= 0.3 is 0 Å². The van der Waals surface area contributed by atoms with Crippen molar-refractivity contribution in [1.82, 2.24) is 9.88 Å². The van der Waals surface area contributed by atoms with Gasteiger partial charge in [0.2, 0.25) is 0 Å². The summed E-state index contributed by atoms with van der Waals surface area (Å²) in [6.07, 6.45) is 0. The largest absolute Gasteiger partial charge is 0.339 e. The average molecular weight is 200 g/mol. The molecule has 0 radical (unpaired) electrons. The zero-order valence-electron chi connectivity index (χ0n) is 9.25. The Kier molecular flexibility index (Phi) is 1.86. The lowest BCUT2D eigenvalue weighted by Gasteiger charge is -2.25. The van der Waals surface area contributed by atoms with E-state index in [1.807, 2.05) is 0 Å². The highest BCUT2D eigenvalue weighted by Crippen LogP contribution is 2.28. The number of fused-ring (bicyclic) bond motifs is 3. The molecule has 0 fully saturated rings. The Hall–Kier alpha value is -1.28. The van der Waals surface area contributed by atoms with E-state index in [0.717, 1.165) is 13.1 Å². The lowest BCUT2D eigenvalue weighted by molar-refractivity contribution is 0.439. The van der Waals surface area contributed by atoms with Crippen LogP contribution in [0.25, 0.3) is 10.9 Å². The molecule has 2 aromatic rings. The Morgan fingerprint density at radius 1 is 1.40 bits per heavy atom. The maximum atomic E-state index is 3.45. The molecule has 0 spiro atoms. The van der Waals surface area contributed by atoms with Crippen molar-refractivity contribution >= 4 is 10.9 Å². The first kappa shape index (κ1) is 8.98. The molecule has 1 atom stereocenters. The van der Waals surface area contributed by atoms with E-state index in [-0.39, 0.29) is 0 Å². The van der Waals surface area contributed by atoms with Gasteiger partial charge in [-0.2, -0.15) is 0 Å². The molecule has 2 heteroatoms. The summed E-state index contributed by atoms with van der Waals surface area (Å²) in [5.74, 6) is 0. The number of benzene rings is 1. The summed E-state index contributed by atoms with van der Waals surface area (Å²) in [6, 6.07) is 9.42. The molecule has 2 heterocycles. The van der Waals surface area contributed by atoms with E-state index >= 15 is 0 Å². The molecule has 0 amide bonds. The fourth-order valence-corrected chi connectivity index (χ4v) is 2.66. The monoisotopic (exact) mass is 200 g/mol. The van der Waals surface area contributed by atoms with Gasteiger partial charge in [0.1, 0.15) is 0 Å². The van der Waals surface area contributed by atoms with Gasteiger partial charge in [0.15, 0.2) is 0 Å². The van der Waals surface area contributed by atoms with Crippen LogP contribution in [0.3, 0.4) is 0 Å². The van der Waals surface area contributed by atoms with E-state index in [1.54, 1.807) is 0 Å². The molecule has 0 saturated heterocycles. The topological polar surface area (TPSA) is 17.0 Å². The molecule has 3 rings (SSSR count). The van der Waals surface area contributed by atoms with Crippen molar-refractivity contribution in [3.05, 3.63) is 35.5 Å². The van der Waals surface area contributed by atoms with E-state index in [2.05, 4.69) is 48.0 Å². The Morgan fingerprint density at radius 3 is 3.13 bits per heavy atom. The fourth-order valence-electron chi connectivity index (χ4n) is 2.66. The molecule has 2 nitrogen and oxygen atoms in total.